The molecule has 0 spiro atoms. The molecule has 1 aromatic heterocycles. The Labute approximate surface area is 132 Å². The first-order valence-corrected chi connectivity index (χ1v) is 7.13. The number of amides is 1. The number of nitrogens with zero attached hydrogens (tertiary/aromatic N) is 1. The highest BCUT2D eigenvalue weighted by Crippen LogP contribution is 2.33. The van der Waals surface area contributed by atoms with Gasteiger partial charge in [-0.2, -0.15) is 0 Å². The second-order valence-corrected chi connectivity index (χ2v) is 4.93. The summed E-state index contributed by atoms with van der Waals surface area (Å²) in [5, 5.41) is 3.26. The average Bonchev–Trinajstić information content (AvgIpc) is 3.07. The van der Waals surface area contributed by atoms with Crippen LogP contribution in [0.5, 0.6) is 11.5 Å². The number of thiocarbonyl (C=S) groups is 1. The number of ether oxygens (including phenoxy) is 2. The maximum atomic E-state index is 11.4. The summed E-state index contributed by atoms with van der Waals surface area (Å²) in [6.45, 7) is 1.41. The first-order chi connectivity index (χ1) is 10.8. The lowest BCUT2D eigenvalue weighted by Crippen LogP contribution is -2.38. The van der Waals surface area contributed by atoms with E-state index in [-0.39, 0.29) is 5.11 Å². The van der Waals surface area contributed by atoms with Gasteiger partial charge in [0, 0.05) is 6.07 Å². The van der Waals surface area contributed by atoms with Gasteiger partial charge in [0.25, 0.3) is 0 Å². The third kappa shape index (κ3) is 3.04. The number of fused-ring (bicyclic) bond motifs is 1. The molecule has 2 heterocycles. The molecule has 1 aliphatic heterocycles. The van der Waals surface area contributed by atoms with Crippen molar-refractivity contribution in [2.45, 2.75) is 6.54 Å². The normalized spacial score (nSPS) is 12.5. The molecule has 6 nitrogen and oxygen atoms in total. The van der Waals surface area contributed by atoms with Crippen LogP contribution in [-0.2, 0) is 11.3 Å². The lowest BCUT2D eigenvalue weighted by Gasteiger charge is -2.23. The molecule has 0 atom stereocenters. The molecule has 0 radical (unpaired) electrons. The Morgan fingerprint density at radius 3 is 2.82 bits per heavy atom. The molecule has 1 aromatic carbocycles. The molecule has 3 rings (SSSR count). The quantitative estimate of drug-likeness (QED) is 0.688. The summed E-state index contributed by atoms with van der Waals surface area (Å²) in [5.74, 6) is 2.00. The average molecular weight is 318 g/mol. The number of hydrogen-bond acceptors (Lipinski definition) is 5. The molecule has 114 valence electrons. The second kappa shape index (κ2) is 6.48. The Balaban J connectivity index is 1.72. The minimum absolute atomic E-state index is 0.281. The molecule has 7 heteroatoms. The van der Waals surface area contributed by atoms with Crippen molar-refractivity contribution in [2.75, 3.05) is 18.1 Å². The Bertz CT molecular complexity index is 672. The lowest BCUT2D eigenvalue weighted by molar-refractivity contribution is -0.106. The molecule has 2 aromatic rings. The standard InChI is InChI=1S/C15H14N2O4S/c18-10-17(15(22)16-9-12-2-1-5-19-12)11-3-4-13-14(8-11)21-7-6-20-13/h1-5,8,10H,6-7,9H2,(H,16,22). The largest absolute Gasteiger partial charge is 0.486 e. The zero-order valence-electron chi connectivity index (χ0n) is 11.7. The molecule has 0 saturated heterocycles. The Hall–Kier alpha value is -2.54. The molecule has 1 aliphatic rings. The van der Waals surface area contributed by atoms with Crippen molar-refractivity contribution >= 4 is 29.4 Å². The van der Waals surface area contributed by atoms with E-state index in [2.05, 4.69) is 5.32 Å². The number of anilines is 1. The predicted octanol–water partition coefficient (Wildman–Crippen LogP) is 2.09. The smallest absolute Gasteiger partial charge is 0.220 e. The van der Waals surface area contributed by atoms with Gasteiger partial charge >= 0.3 is 0 Å². The number of furan rings is 1. The Morgan fingerprint density at radius 1 is 1.27 bits per heavy atom. The maximum Gasteiger partial charge on any atom is 0.220 e. The number of benzene rings is 1. The number of hydrogen-bond donors (Lipinski definition) is 1. The highest BCUT2D eigenvalue weighted by Gasteiger charge is 2.17. The molecule has 1 N–H and O–H groups in total. The van der Waals surface area contributed by atoms with Gasteiger partial charge in [0.05, 0.1) is 18.5 Å². The van der Waals surface area contributed by atoms with Crippen molar-refractivity contribution in [1.29, 1.82) is 0 Å². The van der Waals surface area contributed by atoms with Crippen molar-refractivity contribution < 1.29 is 18.7 Å². The molecular weight excluding hydrogens is 304 g/mol. The molecule has 1 amide bonds. The van der Waals surface area contributed by atoms with Gasteiger partial charge in [0.15, 0.2) is 16.6 Å². The first kappa shape index (κ1) is 14.4. The van der Waals surface area contributed by atoms with Crippen molar-refractivity contribution in [3.05, 3.63) is 42.4 Å². The fourth-order valence-electron chi connectivity index (χ4n) is 2.07. The molecule has 22 heavy (non-hydrogen) atoms. The van der Waals surface area contributed by atoms with Crippen LogP contribution in [0.25, 0.3) is 0 Å². The summed E-state index contributed by atoms with van der Waals surface area (Å²) in [6, 6.07) is 8.85. The molecule has 0 bridgehead atoms. The third-order valence-electron chi connectivity index (χ3n) is 3.12. The van der Waals surface area contributed by atoms with E-state index in [0.717, 1.165) is 5.76 Å². The second-order valence-electron chi connectivity index (χ2n) is 4.54. The van der Waals surface area contributed by atoms with Crippen LogP contribution in [-0.4, -0.2) is 24.7 Å². The van der Waals surface area contributed by atoms with Gasteiger partial charge in [-0.15, -0.1) is 0 Å². The number of rotatable bonds is 4. The Kier molecular flexibility index (Phi) is 4.24. The highest BCUT2D eigenvalue weighted by atomic mass is 32.1. The van der Waals surface area contributed by atoms with Crippen LogP contribution < -0.4 is 19.7 Å². The third-order valence-corrected chi connectivity index (χ3v) is 3.46. The van der Waals surface area contributed by atoms with Crippen molar-refractivity contribution in [3.63, 3.8) is 0 Å². The van der Waals surface area contributed by atoms with E-state index >= 15 is 0 Å². The van der Waals surface area contributed by atoms with E-state index in [0.29, 0.717) is 43.4 Å². The van der Waals surface area contributed by atoms with Crippen LogP contribution in [0.15, 0.2) is 41.0 Å². The van der Waals surface area contributed by atoms with E-state index in [9.17, 15) is 4.79 Å². The van der Waals surface area contributed by atoms with E-state index in [1.165, 1.54) is 4.90 Å². The van der Waals surface area contributed by atoms with Crippen LogP contribution >= 0.6 is 12.2 Å². The van der Waals surface area contributed by atoms with Crippen molar-refractivity contribution in [2.24, 2.45) is 0 Å². The van der Waals surface area contributed by atoms with Gasteiger partial charge < -0.3 is 19.2 Å². The first-order valence-electron chi connectivity index (χ1n) is 6.72. The summed E-state index contributed by atoms with van der Waals surface area (Å²) in [6.07, 6.45) is 2.24. The zero-order chi connectivity index (χ0) is 15.4. The van der Waals surface area contributed by atoms with Gasteiger partial charge in [-0.3, -0.25) is 9.69 Å². The van der Waals surface area contributed by atoms with E-state index in [4.69, 9.17) is 26.1 Å². The number of carbonyl (C=O) groups excluding carboxylic acids is 1. The summed E-state index contributed by atoms with van der Waals surface area (Å²) >= 11 is 5.25. The van der Waals surface area contributed by atoms with Crippen LogP contribution in [0.4, 0.5) is 5.69 Å². The monoisotopic (exact) mass is 318 g/mol. The Morgan fingerprint density at radius 2 is 2.09 bits per heavy atom. The zero-order valence-corrected chi connectivity index (χ0v) is 12.5. The fourth-order valence-corrected chi connectivity index (χ4v) is 2.29. The summed E-state index contributed by atoms with van der Waals surface area (Å²) in [4.78, 5) is 12.7. The van der Waals surface area contributed by atoms with Crippen LogP contribution in [0.1, 0.15) is 5.76 Å². The molecule has 0 fully saturated rings. The van der Waals surface area contributed by atoms with E-state index in [1.54, 1.807) is 30.5 Å². The minimum atomic E-state index is 0.281. The summed E-state index contributed by atoms with van der Waals surface area (Å²) in [5.41, 5.74) is 0.608. The topological polar surface area (TPSA) is 63.9 Å². The minimum Gasteiger partial charge on any atom is -0.486 e. The molecule has 0 unspecified atom stereocenters. The molecule has 0 saturated carbocycles. The van der Waals surface area contributed by atoms with Crippen molar-refractivity contribution in [3.8, 4) is 11.5 Å². The summed E-state index contributed by atoms with van der Waals surface area (Å²) < 4.78 is 16.2. The number of carbonyl (C=O) groups is 1. The van der Waals surface area contributed by atoms with Gasteiger partial charge in [-0.1, -0.05) is 0 Å². The van der Waals surface area contributed by atoms with Gasteiger partial charge in [-0.05, 0) is 36.5 Å². The predicted molar refractivity (Wildman–Crippen MR) is 84.1 cm³/mol. The van der Waals surface area contributed by atoms with E-state index < -0.39 is 0 Å². The lowest BCUT2D eigenvalue weighted by atomic mass is 10.2. The van der Waals surface area contributed by atoms with Crippen molar-refractivity contribution in [1.82, 2.24) is 5.32 Å². The highest BCUT2D eigenvalue weighted by molar-refractivity contribution is 7.80. The van der Waals surface area contributed by atoms with Gasteiger partial charge in [0.1, 0.15) is 19.0 Å². The molecular formula is C15H14N2O4S. The SMILES string of the molecule is O=CN(C(=S)NCc1ccco1)c1ccc2c(c1)OCCO2. The van der Waals surface area contributed by atoms with Crippen LogP contribution in [0, 0.1) is 0 Å². The maximum absolute atomic E-state index is 11.4. The van der Waals surface area contributed by atoms with Crippen LogP contribution in [0.3, 0.4) is 0 Å². The van der Waals surface area contributed by atoms with Gasteiger partial charge in [0.2, 0.25) is 6.41 Å². The van der Waals surface area contributed by atoms with E-state index in [1.807, 2.05) is 6.07 Å². The fraction of sp³-hybridized carbons (Fsp3) is 0.200. The number of nitrogens with one attached hydrogen (secondary N) is 1. The molecule has 0 aliphatic carbocycles. The van der Waals surface area contributed by atoms with Crippen LogP contribution in [0.2, 0.25) is 0 Å². The van der Waals surface area contributed by atoms with Gasteiger partial charge in [-0.25, -0.2) is 0 Å². The summed E-state index contributed by atoms with van der Waals surface area (Å²) in [7, 11) is 0.